The molecule has 0 heterocycles. The molecule has 2 N–H and O–H groups in total. The molecule has 0 fully saturated rings. The molecule has 0 aromatic heterocycles. The Morgan fingerprint density at radius 2 is 1.47 bits per heavy atom. The van der Waals surface area contributed by atoms with Gasteiger partial charge in [-0.25, -0.2) is 0 Å². The fourth-order valence-corrected chi connectivity index (χ4v) is 1.41. The number of carbonyl (C=O) groups excluding carboxylic acids is 1. The maximum Gasteiger partial charge on any atom is 0.193 e. The van der Waals surface area contributed by atoms with E-state index in [4.69, 9.17) is 9.47 Å². The molecule has 0 bridgehead atoms. The number of ketones is 1. The number of hydrogen-bond acceptors (Lipinski definition) is 5. The van der Waals surface area contributed by atoms with Crippen LogP contribution >= 0.6 is 0 Å². The van der Waals surface area contributed by atoms with Crippen LogP contribution in [-0.2, 0) is 14.3 Å². The predicted octanol–water partition coefficient (Wildman–Crippen LogP) is 0.867. The number of carbonyl (C=O) groups is 1. The largest absolute Gasteiger partial charge is 0.385 e. The van der Waals surface area contributed by atoms with Gasteiger partial charge in [0.2, 0.25) is 0 Å². The van der Waals surface area contributed by atoms with Crippen LogP contribution in [0.25, 0.3) is 0 Å². The van der Waals surface area contributed by atoms with Gasteiger partial charge in [0.25, 0.3) is 0 Å². The summed E-state index contributed by atoms with van der Waals surface area (Å²) in [6.45, 7) is 5.99. The summed E-state index contributed by atoms with van der Waals surface area (Å²) < 4.78 is 10.2. The highest BCUT2D eigenvalue weighted by Crippen LogP contribution is 2.31. The number of methoxy groups -OCH3 is 2. The molecule has 5 nitrogen and oxygen atoms in total. The average molecular weight is 248 g/mol. The van der Waals surface area contributed by atoms with Gasteiger partial charge < -0.3 is 19.7 Å². The van der Waals surface area contributed by atoms with Gasteiger partial charge in [0.1, 0.15) is 11.2 Å². The highest BCUT2D eigenvalue weighted by molar-refractivity contribution is 5.86. The summed E-state index contributed by atoms with van der Waals surface area (Å²) in [5.74, 6) is -1.51. The molecule has 0 aliphatic carbocycles. The van der Waals surface area contributed by atoms with Crippen LogP contribution in [0.3, 0.4) is 0 Å². The zero-order valence-electron chi connectivity index (χ0n) is 11.5. The van der Waals surface area contributed by atoms with Gasteiger partial charge in [0.15, 0.2) is 11.6 Å². The lowest BCUT2D eigenvalue weighted by atomic mass is 9.87. The first-order chi connectivity index (χ1) is 7.50. The minimum absolute atomic E-state index is 0.0544. The summed E-state index contributed by atoms with van der Waals surface area (Å²) in [5.41, 5.74) is -2.70. The summed E-state index contributed by atoms with van der Waals surface area (Å²) in [6.07, 6.45) is 0.201. The Labute approximate surface area is 103 Å². The molecule has 0 aromatic carbocycles. The minimum atomic E-state index is -1.38. The zero-order chi connectivity index (χ0) is 13.9. The highest BCUT2D eigenvalue weighted by Gasteiger charge is 2.44. The van der Waals surface area contributed by atoms with Crippen LogP contribution in [0.2, 0.25) is 0 Å². The first kappa shape index (κ1) is 16.5. The Morgan fingerprint density at radius 1 is 1.06 bits per heavy atom. The van der Waals surface area contributed by atoms with Crippen LogP contribution in [-0.4, -0.2) is 47.2 Å². The zero-order valence-corrected chi connectivity index (χ0v) is 11.5. The number of Topliss-reactive ketones (excluding diaryl/α,β-unsaturated/α-hetero) is 1. The molecule has 102 valence electrons. The van der Waals surface area contributed by atoms with Crippen LogP contribution in [0.5, 0.6) is 0 Å². The minimum Gasteiger partial charge on any atom is -0.385 e. The first-order valence-corrected chi connectivity index (χ1v) is 5.58. The van der Waals surface area contributed by atoms with Crippen molar-refractivity contribution in [2.24, 2.45) is 0 Å². The topological polar surface area (TPSA) is 76.0 Å². The van der Waals surface area contributed by atoms with Crippen molar-refractivity contribution in [3.05, 3.63) is 0 Å². The normalized spacial score (nSPS) is 16.7. The molecule has 0 aliphatic rings. The quantitative estimate of drug-likeness (QED) is 0.654. The van der Waals surface area contributed by atoms with E-state index in [1.54, 1.807) is 6.92 Å². The van der Waals surface area contributed by atoms with Crippen molar-refractivity contribution in [1.82, 2.24) is 0 Å². The summed E-state index contributed by atoms with van der Waals surface area (Å²) in [7, 11) is 2.85. The van der Waals surface area contributed by atoms with E-state index in [2.05, 4.69) is 0 Å². The second kappa shape index (κ2) is 5.44. The van der Waals surface area contributed by atoms with E-state index in [1.807, 2.05) is 0 Å². The van der Waals surface area contributed by atoms with Gasteiger partial charge in [0, 0.05) is 20.6 Å². The standard InChI is InChI=1S/C12H24O5/c1-10(2,14)9(13)7-8-11(3,15)12(4,16-5)17-6/h14-15H,7-8H2,1-6H3. The summed E-state index contributed by atoms with van der Waals surface area (Å²) in [4.78, 5) is 11.6. The maximum absolute atomic E-state index is 11.6. The average Bonchev–Trinajstić information content (AvgIpc) is 2.23. The fraction of sp³-hybridized carbons (Fsp3) is 0.917. The Bertz CT molecular complexity index is 261. The molecule has 0 spiro atoms. The van der Waals surface area contributed by atoms with E-state index < -0.39 is 17.0 Å². The van der Waals surface area contributed by atoms with Gasteiger partial charge >= 0.3 is 0 Å². The smallest absolute Gasteiger partial charge is 0.193 e. The van der Waals surface area contributed by atoms with E-state index in [1.165, 1.54) is 35.0 Å². The third-order valence-corrected chi connectivity index (χ3v) is 3.28. The predicted molar refractivity (Wildman–Crippen MR) is 63.6 cm³/mol. The van der Waals surface area contributed by atoms with Crippen LogP contribution in [0.15, 0.2) is 0 Å². The fourth-order valence-electron chi connectivity index (χ4n) is 1.41. The molecular weight excluding hydrogens is 224 g/mol. The molecule has 0 rings (SSSR count). The summed E-state index contributed by atoms with van der Waals surface area (Å²) in [6, 6.07) is 0. The van der Waals surface area contributed by atoms with Gasteiger partial charge in [-0.15, -0.1) is 0 Å². The monoisotopic (exact) mass is 248 g/mol. The molecule has 1 atom stereocenters. The lowest BCUT2D eigenvalue weighted by Crippen LogP contribution is -2.53. The van der Waals surface area contributed by atoms with E-state index >= 15 is 0 Å². The molecule has 0 radical (unpaired) electrons. The highest BCUT2D eigenvalue weighted by atomic mass is 16.7. The molecule has 5 heteroatoms. The maximum atomic E-state index is 11.6. The number of hydrogen-bond donors (Lipinski definition) is 2. The van der Waals surface area contributed by atoms with Crippen LogP contribution < -0.4 is 0 Å². The van der Waals surface area contributed by atoms with Crippen molar-refractivity contribution in [2.75, 3.05) is 14.2 Å². The van der Waals surface area contributed by atoms with Crippen molar-refractivity contribution >= 4 is 5.78 Å². The third kappa shape index (κ3) is 4.03. The van der Waals surface area contributed by atoms with E-state index in [-0.39, 0.29) is 18.6 Å². The Balaban J connectivity index is 4.62. The molecule has 0 amide bonds. The third-order valence-electron chi connectivity index (χ3n) is 3.28. The van der Waals surface area contributed by atoms with Crippen molar-refractivity contribution in [1.29, 1.82) is 0 Å². The number of ether oxygens (including phenoxy) is 2. The Hall–Kier alpha value is -0.490. The molecule has 0 aliphatic heterocycles. The molecule has 0 saturated heterocycles. The molecule has 0 saturated carbocycles. The molecule has 17 heavy (non-hydrogen) atoms. The van der Waals surface area contributed by atoms with E-state index in [0.717, 1.165) is 0 Å². The lowest BCUT2D eigenvalue weighted by molar-refractivity contribution is -0.287. The lowest BCUT2D eigenvalue weighted by Gasteiger charge is -2.40. The number of aliphatic hydroxyl groups is 2. The van der Waals surface area contributed by atoms with E-state index in [9.17, 15) is 15.0 Å². The van der Waals surface area contributed by atoms with Crippen molar-refractivity contribution in [3.8, 4) is 0 Å². The van der Waals surface area contributed by atoms with Crippen molar-refractivity contribution in [3.63, 3.8) is 0 Å². The van der Waals surface area contributed by atoms with Gasteiger partial charge in [-0.3, -0.25) is 4.79 Å². The van der Waals surface area contributed by atoms with E-state index in [0.29, 0.717) is 0 Å². The van der Waals surface area contributed by atoms with Crippen molar-refractivity contribution in [2.45, 2.75) is 57.5 Å². The molecular formula is C12H24O5. The van der Waals surface area contributed by atoms with Crippen LogP contribution in [0.4, 0.5) is 0 Å². The van der Waals surface area contributed by atoms with Gasteiger partial charge in [-0.2, -0.15) is 0 Å². The van der Waals surface area contributed by atoms with Gasteiger partial charge in [0.05, 0.1) is 0 Å². The van der Waals surface area contributed by atoms with Crippen LogP contribution in [0, 0.1) is 0 Å². The second-order valence-corrected chi connectivity index (χ2v) is 5.11. The SMILES string of the molecule is COC(C)(OC)C(C)(O)CCC(=O)C(C)(C)O. The second-order valence-electron chi connectivity index (χ2n) is 5.11. The summed E-state index contributed by atoms with van der Waals surface area (Å²) >= 11 is 0. The molecule has 0 aromatic rings. The Morgan fingerprint density at radius 3 is 1.76 bits per heavy atom. The van der Waals surface area contributed by atoms with Gasteiger partial charge in [-0.1, -0.05) is 0 Å². The molecule has 1 unspecified atom stereocenters. The Kier molecular flexibility index (Phi) is 5.28. The van der Waals surface area contributed by atoms with Crippen LogP contribution in [0.1, 0.15) is 40.5 Å². The summed E-state index contributed by atoms with van der Waals surface area (Å²) in [5, 5.41) is 19.8. The van der Waals surface area contributed by atoms with Gasteiger partial charge in [-0.05, 0) is 34.1 Å². The number of rotatable bonds is 7. The van der Waals surface area contributed by atoms with Crippen molar-refractivity contribution < 1.29 is 24.5 Å². The first-order valence-electron chi connectivity index (χ1n) is 5.58.